The molecule has 0 unspecified atom stereocenters. The Kier molecular flexibility index (Phi) is 5.81. The Morgan fingerprint density at radius 3 is 2.68 bits per heavy atom. The number of rotatable bonds is 5. The van der Waals surface area contributed by atoms with Crippen LogP contribution in [0, 0.1) is 6.92 Å². The van der Waals surface area contributed by atoms with Gasteiger partial charge in [-0.3, -0.25) is 9.59 Å². The number of nitrogens with zero attached hydrogens (tertiary/aromatic N) is 1. The summed E-state index contributed by atoms with van der Waals surface area (Å²) in [6.07, 6.45) is 2.16. The molecule has 0 radical (unpaired) electrons. The second-order valence-corrected chi connectivity index (χ2v) is 5.68. The Labute approximate surface area is 131 Å². The number of aryl methyl sites for hydroxylation is 1. The third-order valence-electron chi connectivity index (χ3n) is 3.87. The van der Waals surface area contributed by atoms with Gasteiger partial charge in [-0.15, -0.1) is 0 Å². The number of carbonyl (C=O) groups excluding carboxylic acids is 2. The Bertz CT molecular complexity index is 522. The van der Waals surface area contributed by atoms with Gasteiger partial charge in [-0.05, 0) is 37.5 Å². The van der Waals surface area contributed by atoms with Gasteiger partial charge in [-0.1, -0.05) is 19.1 Å². The molecule has 0 aliphatic carbocycles. The van der Waals surface area contributed by atoms with Crippen molar-refractivity contribution in [2.24, 2.45) is 0 Å². The van der Waals surface area contributed by atoms with Crippen molar-refractivity contribution in [1.82, 2.24) is 10.2 Å². The molecule has 22 heavy (non-hydrogen) atoms. The fourth-order valence-electron chi connectivity index (χ4n) is 2.62. The van der Waals surface area contributed by atoms with E-state index in [1.165, 1.54) is 0 Å². The van der Waals surface area contributed by atoms with Crippen molar-refractivity contribution in [3.63, 3.8) is 0 Å². The summed E-state index contributed by atoms with van der Waals surface area (Å²) >= 11 is 0. The molecule has 1 aliphatic heterocycles. The summed E-state index contributed by atoms with van der Waals surface area (Å²) in [7, 11) is 0. The van der Waals surface area contributed by atoms with Gasteiger partial charge in [0.2, 0.25) is 5.91 Å². The van der Waals surface area contributed by atoms with Crippen LogP contribution in [0.1, 0.15) is 31.7 Å². The average Bonchev–Trinajstić information content (AvgIpc) is 2.53. The van der Waals surface area contributed by atoms with Gasteiger partial charge in [0.15, 0.2) is 6.61 Å². The van der Waals surface area contributed by atoms with Crippen molar-refractivity contribution < 1.29 is 14.3 Å². The highest BCUT2D eigenvalue weighted by molar-refractivity contribution is 5.78. The molecule has 5 nitrogen and oxygen atoms in total. The van der Waals surface area contributed by atoms with Crippen LogP contribution < -0.4 is 10.1 Å². The van der Waals surface area contributed by atoms with E-state index in [2.05, 4.69) is 5.32 Å². The fraction of sp³-hybridized carbons (Fsp3) is 0.529. The smallest absolute Gasteiger partial charge is 0.258 e. The number of hydrogen-bond acceptors (Lipinski definition) is 3. The van der Waals surface area contributed by atoms with Crippen LogP contribution in [0.5, 0.6) is 5.75 Å². The van der Waals surface area contributed by atoms with Crippen LogP contribution in [-0.2, 0) is 9.59 Å². The SMILES string of the molecule is CCC(=O)N1CCC(NC(=O)COc2cccc(C)c2)CC1. The third-order valence-corrected chi connectivity index (χ3v) is 3.87. The van der Waals surface area contributed by atoms with E-state index < -0.39 is 0 Å². The molecule has 0 atom stereocenters. The van der Waals surface area contributed by atoms with E-state index in [0.717, 1.165) is 31.5 Å². The van der Waals surface area contributed by atoms with E-state index in [0.29, 0.717) is 12.2 Å². The Balaban J connectivity index is 1.71. The topological polar surface area (TPSA) is 58.6 Å². The minimum Gasteiger partial charge on any atom is -0.484 e. The summed E-state index contributed by atoms with van der Waals surface area (Å²) in [5.41, 5.74) is 1.10. The summed E-state index contributed by atoms with van der Waals surface area (Å²) in [5.74, 6) is 0.785. The van der Waals surface area contributed by atoms with Crippen molar-refractivity contribution in [2.45, 2.75) is 39.2 Å². The molecule has 1 aromatic rings. The highest BCUT2D eigenvalue weighted by Gasteiger charge is 2.22. The van der Waals surface area contributed by atoms with Crippen LogP contribution in [0.4, 0.5) is 0 Å². The zero-order chi connectivity index (χ0) is 15.9. The lowest BCUT2D eigenvalue weighted by molar-refractivity contribution is -0.132. The van der Waals surface area contributed by atoms with Crippen molar-refractivity contribution in [3.8, 4) is 5.75 Å². The maximum absolute atomic E-state index is 11.9. The summed E-state index contributed by atoms with van der Waals surface area (Å²) in [4.78, 5) is 25.4. The van der Waals surface area contributed by atoms with E-state index >= 15 is 0 Å². The summed E-state index contributed by atoms with van der Waals surface area (Å²) in [6, 6.07) is 7.77. The first kappa shape index (κ1) is 16.3. The standard InChI is InChI=1S/C17H24N2O3/c1-3-17(21)19-9-7-14(8-10-19)18-16(20)12-22-15-6-4-5-13(2)11-15/h4-6,11,14H,3,7-10,12H2,1-2H3,(H,18,20). The van der Waals surface area contributed by atoms with Gasteiger partial charge < -0.3 is 15.0 Å². The molecule has 2 rings (SSSR count). The van der Waals surface area contributed by atoms with Crippen LogP contribution >= 0.6 is 0 Å². The Morgan fingerprint density at radius 1 is 1.32 bits per heavy atom. The highest BCUT2D eigenvalue weighted by atomic mass is 16.5. The van der Waals surface area contributed by atoms with Crippen molar-refractivity contribution in [2.75, 3.05) is 19.7 Å². The molecular formula is C17H24N2O3. The molecule has 0 aromatic heterocycles. The number of piperidine rings is 1. The van der Waals surface area contributed by atoms with Crippen LogP contribution in [-0.4, -0.2) is 42.5 Å². The molecular weight excluding hydrogens is 280 g/mol. The minimum absolute atomic E-state index is 0.0254. The first-order valence-electron chi connectivity index (χ1n) is 7.85. The van der Waals surface area contributed by atoms with Crippen LogP contribution in [0.25, 0.3) is 0 Å². The van der Waals surface area contributed by atoms with E-state index in [-0.39, 0.29) is 24.5 Å². The monoisotopic (exact) mass is 304 g/mol. The van der Waals surface area contributed by atoms with Crippen molar-refractivity contribution in [1.29, 1.82) is 0 Å². The second kappa shape index (κ2) is 7.82. The van der Waals surface area contributed by atoms with Gasteiger partial charge in [-0.2, -0.15) is 0 Å². The summed E-state index contributed by atoms with van der Waals surface area (Å²) in [6.45, 7) is 5.32. The molecule has 1 heterocycles. The van der Waals surface area contributed by atoms with Gasteiger partial charge in [0.1, 0.15) is 5.75 Å². The second-order valence-electron chi connectivity index (χ2n) is 5.68. The number of carbonyl (C=O) groups is 2. The third kappa shape index (κ3) is 4.76. The lowest BCUT2D eigenvalue weighted by Gasteiger charge is -2.32. The molecule has 1 aromatic carbocycles. The largest absolute Gasteiger partial charge is 0.484 e. The number of benzene rings is 1. The summed E-state index contributed by atoms with van der Waals surface area (Å²) in [5, 5.41) is 2.98. The van der Waals surface area contributed by atoms with Crippen LogP contribution in [0.15, 0.2) is 24.3 Å². The van der Waals surface area contributed by atoms with E-state index in [1.54, 1.807) is 0 Å². The first-order chi connectivity index (χ1) is 10.6. The zero-order valence-corrected chi connectivity index (χ0v) is 13.3. The van der Waals surface area contributed by atoms with E-state index in [1.807, 2.05) is 43.0 Å². The predicted molar refractivity (Wildman–Crippen MR) is 84.7 cm³/mol. The molecule has 1 fully saturated rings. The Morgan fingerprint density at radius 2 is 2.05 bits per heavy atom. The molecule has 1 saturated heterocycles. The molecule has 0 bridgehead atoms. The maximum atomic E-state index is 11.9. The molecule has 1 aliphatic rings. The molecule has 0 spiro atoms. The maximum Gasteiger partial charge on any atom is 0.258 e. The Hall–Kier alpha value is -2.04. The molecule has 5 heteroatoms. The van der Waals surface area contributed by atoms with Gasteiger partial charge in [0.25, 0.3) is 5.91 Å². The lowest BCUT2D eigenvalue weighted by Crippen LogP contribution is -2.47. The van der Waals surface area contributed by atoms with E-state index in [9.17, 15) is 9.59 Å². The predicted octanol–water partition coefficient (Wildman–Crippen LogP) is 1.89. The number of ether oxygens (including phenoxy) is 1. The number of amides is 2. The average molecular weight is 304 g/mol. The van der Waals surface area contributed by atoms with Gasteiger partial charge >= 0.3 is 0 Å². The molecule has 1 N–H and O–H groups in total. The van der Waals surface area contributed by atoms with Gasteiger partial charge in [-0.25, -0.2) is 0 Å². The molecule has 0 saturated carbocycles. The van der Waals surface area contributed by atoms with Gasteiger partial charge in [0.05, 0.1) is 0 Å². The number of nitrogens with one attached hydrogen (secondary N) is 1. The van der Waals surface area contributed by atoms with E-state index in [4.69, 9.17) is 4.74 Å². The minimum atomic E-state index is -0.109. The normalized spacial score (nSPS) is 15.5. The number of likely N-dealkylation sites (tertiary alicyclic amines) is 1. The highest BCUT2D eigenvalue weighted by Crippen LogP contribution is 2.13. The number of hydrogen-bond donors (Lipinski definition) is 1. The first-order valence-corrected chi connectivity index (χ1v) is 7.85. The summed E-state index contributed by atoms with van der Waals surface area (Å²) < 4.78 is 5.49. The van der Waals surface area contributed by atoms with Crippen molar-refractivity contribution >= 4 is 11.8 Å². The fourth-order valence-corrected chi connectivity index (χ4v) is 2.62. The van der Waals surface area contributed by atoms with Crippen LogP contribution in [0.3, 0.4) is 0 Å². The lowest BCUT2D eigenvalue weighted by atomic mass is 10.0. The van der Waals surface area contributed by atoms with Gasteiger partial charge in [0, 0.05) is 25.6 Å². The molecule has 120 valence electrons. The van der Waals surface area contributed by atoms with Crippen molar-refractivity contribution in [3.05, 3.63) is 29.8 Å². The van der Waals surface area contributed by atoms with Crippen LogP contribution in [0.2, 0.25) is 0 Å². The quantitative estimate of drug-likeness (QED) is 0.904. The molecule has 2 amide bonds. The zero-order valence-electron chi connectivity index (χ0n) is 13.3.